The van der Waals surface area contributed by atoms with E-state index in [9.17, 15) is 14.7 Å². The molecular weight excluding hydrogens is 444 g/mol. The maximum Gasteiger partial charge on any atom is 0.336 e. The van der Waals surface area contributed by atoms with Gasteiger partial charge in [0.25, 0.3) is 0 Å². The Morgan fingerprint density at radius 3 is 2.09 bits per heavy atom. The number of nitrogens with zero attached hydrogens (tertiary/aromatic N) is 2. The summed E-state index contributed by atoms with van der Waals surface area (Å²) in [5.74, 6) is -1.45. The second kappa shape index (κ2) is 9.31. The number of allylic oxidation sites excluding steroid dienone is 1. The van der Waals surface area contributed by atoms with Gasteiger partial charge in [0.2, 0.25) is 0 Å². The number of carbonyl (C=O) groups excluding carboxylic acids is 1. The standard InChI is InChI=1S/C28H26N2O3S/c1-17-5-9-19(10-6-17)26(31)22(15-18-7-12-21(13-8-18)28(2,3)4)25(27(32)33)20-11-14-23-24(16-20)30-34-29-23/h5-14,16H,15H2,1-4H3,(H,32,33). The smallest absolute Gasteiger partial charge is 0.336 e. The molecule has 0 spiro atoms. The Bertz CT molecular complexity index is 1390. The fourth-order valence-corrected chi connectivity index (χ4v) is 4.37. The second-order valence-electron chi connectivity index (χ2n) is 9.45. The monoisotopic (exact) mass is 470 g/mol. The molecule has 4 rings (SSSR count). The number of Topliss-reactive ketones (excluding diaryl/α,β-unsaturated/α-hetero) is 1. The van der Waals surface area contributed by atoms with Crippen molar-refractivity contribution < 1.29 is 14.7 Å². The highest BCUT2D eigenvalue weighted by Gasteiger charge is 2.24. The summed E-state index contributed by atoms with van der Waals surface area (Å²) < 4.78 is 8.44. The number of aromatic nitrogens is 2. The molecule has 0 saturated heterocycles. The summed E-state index contributed by atoms with van der Waals surface area (Å²) in [5, 5.41) is 10.2. The van der Waals surface area contributed by atoms with Crippen molar-refractivity contribution in [2.75, 3.05) is 0 Å². The van der Waals surface area contributed by atoms with Crippen molar-refractivity contribution in [2.45, 2.75) is 39.5 Å². The van der Waals surface area contributed by atoms with Gasteiger partial charge >= 0.3 is 5.97 Å². The van der Waals surface area contributed by atoms with Crippen LogP contribution in [0.2, 0.25) is 0 Å². The van der Waals surface area contributed by atoms with Gasteiger partial charge in [-0.05, 0) is 41.2 Å². The molecule has 1 aromatic heterocycles. The zero-order valence-electron chi connectivity index (χ0n) is 19.6. The number of hydrogen-bond donors (Lipinski definition) is 1. The van der Waals surface area contributed by atoms with Crippen LogP contribution in [0.25, 0.3) is 16.6 Å². The van der Waals surface area contributed by atoms with Gasteiger partial charge < -0.3 is 5.11 Å². The van der Waals surface area contributed by atoms with Crippen molar-refractivity contribution in [1.82, 2.24) is 8.75 Å². The summed E-state index contributed by atoms with van der Waals surface area (Å²) in [4.78, 5) is 26.2. The van der Waals surface area contributed by atoms with Crippen molar-refractivity contribution in [2.24, 2.45) is 0 Å². The number of aryl methyl sites for hydroxylation is 1. The maximum atomic E-state index is 13.7. The van der Waals surface area contributed by atoms with Crippen LogP contribution in [-0.2, 0) is 16.6 Å². The van der Waals surface area contributed by atoms with Gasteiger partial charge in [-0.15, -0.1) is 0 Å². The Kier molecular flexibility index (Phi) is 6.44. The molecule has 172 valence electrons. The van der Waals surface area contributed by atoms with E-state index in [0.29, 0.717) is 22.2 Å². The highest BCUT2D eigenvalue weighted by Crippen LogP contribution is 2.29. The molecule has 34 heavy (non-hydrogen) atoms. The van der Waals surface area contributed by atoms with E-state index in [-0.39, 0.29) is 28.8 Å². The van der Waals surface area contributed by atoms with Gasteiger partial charge in [-0.1, -0.05) is 80.9 Å². The average Bonchev–Trinajstić information content (AvgIpc) is 3.26. The third-order valence-electron chi connectivity index (χ3n) is 5.85. The number of carbonyl (C=O) groups is 2. The second-order valence-corrected chi connectivity index (χ2v) is 9.97. The molecule has 0 saturated carbocycles. The molecule has 1 heterocycles. The van der Waals surface area contributed by atoms with Gasteiger partial charge in [-0.2, -0.15) is 8.75 Å². The largest absolute Gasteiger partial charge is 0.478 e. The molecule has 5 nitrogen and oxygen atoms in total. The van der Waals surface area contributed by atoms with E-state index >= 15 is 0 Å². The Morgan fingerprint density at radius 2 is 1.47 bits per heavy atom. The summed E-state index contributed by atoms with van der Waals surface area (Å²) in [6.07, 6.45) is 0.201. The Hall–Kier alpha value is -3.64. The van der Waals surface area contributed by atoms with Crippen LogP contribution in [0, 0.1) is 6.92 Å². The lowest BCUT2D eigenvalue weighted by Crippen LogP contribution is -2.14. The van der Waals surface area contributed by atoms with Crippen molar-refractivity contribution in [3.63, 3.8) is 0 Å². The molecule has 3 aromatic carbocycles. The van der Waals surface area contributed by atoms with E-state index in [1.165, 1.54) is 5.56 Å². The molecule has 0 radical (unpaired) electrons. The van der Waals surface area contributed by atoms with E-state index in [1.807, 2.05) is 43.3 Å². The fraction of sp³-hybridized carbons (Fsp3) is 0.214. The topological polar surface area (TPSA) is 80.2 Å². The summed E-state index contributed by atoms with van der Waals surface area (Å²) in [6, 6.07) is 20.3. The van der Waals surface area contributed by atoms with Gasteiger partial charge in [0.05, 0.1) is 17.3 Å². The molecule has 0 aliphatic rings. The molecule has 0 unspecified atom stereocenters. The minimum atomic E-state index is -1.15. The minimum Gasteiger partial charge on any atom is -0.478 e. The average molecular weight is 471 g/mol. The summed E-state index contributed by atoms with van der Waals surface area (Å²) in [6.45, 7) is 8.36. The molecule has 0 fully saturated rings. The molecule has 1 N–H and O–H groups in total. The molecule has 6 heteroatoms. The number of hydrogen-bond acceptors (Lipinski definition) is 5. The zero-order chi connectivity index (χ0) is 24.5. The molecule has 0 aliphatic heterocycles. The van der Waals surface area contributed by atoms with Crippen LogP contribution in [0.4, 0.5) is 0 Å². The SMILES string of the molecule is Cc1ccc(C(=O)C(Cc2ccc(C(C)(C)C)cc2)=C(C(=O)O)c2ccc3nsnc3c2)cc1. The lowest BCUT2D eigenvalue weighted by molar-refractivity contribution is -0.130. The number of benzene rings is 3. The molecule has 0 atom stereocenters. The minimum absolute atomic E-state index is 0.00186. The van der Waals surface area contributed by atoms with E-state index in [0.717, 1.165) is 22.9 Å². The Labute approximate surface area is 203 Å². The lowest BCUT2D eigenvalue weighted by Gasteiger charge is -2.19. The van der Waals surface area contributed by atoms with Crippen LogP contribution in [0.3, 0.4) is 0 Å². The van der Waals surface area contributed by atoms with Gasteiger partial charge in [0.15, 0.2) is 5.78 Å². The van der Waals surface area contributed by atoms with Crippen LogP contribution < -0.4 is 0 Å². The van der Waals surface area contributed by atoms with Crippen LogP contribution in [0.1, 0.15) is 53.4 Å². The first-order valence-electron chi connectivity index (χ1n) is 11.0. The van der Waals surface area contributed by atoms with Gasteiger partial charge in [0.1, 0.15) is 11.0 Å². The van der Waals surface area contributed by atoms with E-state index in [1.54, 1.807) is 30.3 Å². The highest BCUT2D eigenvalue weighted by atomic mass is 32.1. The van der Waals surface area contributed by atoms with Crippen LogP contribution in [-0.4, -0.2) is 25.6 Å². The number of rotatable bonds is 6. The molecule has 0 aliphatic carbocycles. The summed E-state index contributed by atoms with van der Waals surface area (Å²) in [7, 11) is 0. The number of fused-ring (bicyclic) bond motifs is 1. The van der Waals surface area contributed by atoms with Gasteiger partial charge in [-0.3, -0.25) is 4.79 Å². The zero-order valence-corrected chi connectivity index (χ0v) is 20.4. The lowest BCUT2D eigenvalue weighted by atomic mass is 9.85. The Balaban J connectivity index is 1.87. The first-order valence-corrected chi connectivity index (χ1v) is 11.8. The number of carboxylic acids is 1. The van der Waals surface area contributed by atoms with Crippen LogP contribution >= 0.6 is 11.7 Å². The first kappa shape index (κ1) is 23.5. The molecule has 0 amide bonds. The first-order chi connectivity index (χ1) is 16.1. The van der Waals surface area contributed by atoms with E-state index < -0.39 is 5.97 Å². The molecule has 0 bridgehead atoms. The molecular formula is C28H26N2O3S. The summed E-state index contributed by atoms with van der Waals surface area (Å²) in [5.41, 5.74) is 5.50. The molecule has 4 aromatic rings. The quantitative estimate of drug-likeness (QED) is 0.266. The van der Waals surface area contributed by atoms with Gasteiger partial charge in [0, 0.05) is 17.6 Å². The van der Waals surface area contributed by atoms with Crippen molar-refractivity contribution in [1.29, 1.82) is 0 Å². The third-order valence-corrected chi connectivity index (χ3v) is 6.40. The highest BCUT2D eigenvalue weighted by molar-refractivity contribution is 7.00. The number of aliphatic carboxylic acids is 1. The maximum absolute atomic E-state index is 13.7. The Morgan fingerprint density at radius 1 is 0.853 bits per heavy atom. The van der Waals surface area contributed by atoms with Crippen LogP contribution in [0.15, 0.2) is 72.3 Å². The van der Waals surface area contributed by atoms with Crippen LogP contribution in [0.5, 0.6) is 0 Å². The number of carboxylic acid groups (broad SMARTS) is 1. The van der Waals surface area contributed by atoms with Gasteiger partial charge in [-0.25, -0.2) is 4.79 Å². The predicted molar refractivity (Wildman–Crippen MR) is 136 cm³/mol. The van der Waals surface area contributed by atoms with Crippen molar-refractivity contribution in [3.8, 4) is 0 Å². The van der Waals surface area contributed by atoms with E-state index in [4.69, 9.17) is 0 Å². The van der Waals surface area contributed by atoms with Crippen molar-refractivity contribution >= 4 is 40.1 Å². The van der Waals surface area contributed by atoms with E-state index in [2.05, 4.69) is 29.5 Å². The predicted octanol–water partition coefficient (Wildman–Crippen LogP) is 6.26. The normalized spacial score (nSPS) is 12.5. The third kappa shape index (κ3) is 4.97. The van der Waals surface area contributed by atoms with Crippen molar-refractivity contribution in [3.05, 3.63) is 100 Å². The summed E-state index contributed by atoms with van der Waals surface area (Å²) >= 11 is 1.07. The fourth-order valence-electron chi connectivity index (χ4n) is 3.85. The number of ketones is 1.